The Kier molecular flexibility index (Phi) is 9.12. The summed E-state index contributed by atoms with van der Waals surface area (Å²) in [5.74, 6) is -2.55. The van der Waals surface area contributed by atoms with Crippen LogP contribution in [-0.2, 0) is 25.6 Å². The lowest BCUT2D eigenvalue weighted by atomic mass is 9.89. The lowest BCUT2D eigenvalue weighted by molar-refractivity contribution is -0.134. The summed E-state index contributed by atoms with van der Waals surface area (Å²) < 4.78 is 0. The van der Waals surface area contributed by atoms with Crippen LogP contribution in [0.1, 0.15) is 29.7 Å². The fourth-order valence-electron chi connectivity index (χ4n) is 3.05. The van der Waals surface area contributed by atoms with Gasteiger partial charge in [-0.3, -0.25) is 9.59 Å². The molecule has 0 spiro atoms. The van der Waals surface area contributed by atoms with Crippen molar-refractivity contribution in [1.82, 2.24) is 10.6 Å². The van der Waals surface area contributed by atoms with Crippen LogP contribution >= 0.6 is 0 Å². The van der Waals surface area contributed by atoms with E-state index in [-0.39, 0.29) is 17.9 Å². The minimum atomic E-state index is -1.26. The van der Waals surface area contributed by atoms with Crippen molar-refractivity contribution in [3.8, 4) is 0 Å². The average Bonchev–Trinajstić information content (AvgIpc) is 2.76. The molecule has 2 amide bonds. The Balaban J connectivity index is 0.000000390. The van der Waals surface area contributed by atoms with Gasteiger partial charge in [-0.05, 0) is 35.4 Å². The number of carbonyl (C=O) groups is 4. The van der Waals surface area contributed by atoms with Crippen molar-refractivity contribution in [3.05, 3.63) is 77.4 Å². The number of anilines is 1. The van der Waals surface area contributed by atoms with Crippen LogP contribution in [0.4, 0.5) is 5.69 Å². The normalized spacial score (nSPS) is 14.5. The molecule has 0 saturated heterocycles. The van der Waals surface area contributed by atoms with E-state index in [0.29, 0.717) is 25.1 Å². The highest BCUT2D eigenvalue weighted by Crippen LogP contribution is 2.29. The van der Waals surface area contributed by atoms with E-state index < -0.39 is 11.9 Å². The van der Waals surface area contributed by atoms with E-state index in [1.54, 1.807) is 0 Å². The molecule has 0 aromatic heterocycles. The monoisotopic (exact) mass is 439 g/mol. The zero-order chi connectivity index (χ0) is 23.5. The molecule has 1 heterocycles. The number of fused-ring (bicyclic) bond motifs is 1. The Hall–Kier alpha value is -3.98. The number of carboxylic acid groups (broad SMARTS) is 2. The highest BCUT2D eigenvalue weighted by Gasteiger charge is 2.25. The first-order chi connectivity index (χ1) is 15.3. The molecule has 1 aliphatic heterocycles. The highest BCUT2D eigenvalue weighted by atomic mass is 16.4. The van der Waals surface area contributed by atoms with E-state index in [9.17, 15) is 19.2 Å². The minimum Gasteiger partial charge on any atom is -0.478 e. The van der Waals surface area contributed by atoms with Gasteiger partial charge in [0.05, 0.1) is 19.0 Å². The summed E-state index contributed by atoms with van der Waals surface area (Å²) in [6.45, 7) is 3.01. The van der Waals surface area contributed by atoms with Gasteiger partial charge >= 0.3 is 11.9 Å². The van der Waals surface area contributed by atoms with Gasteiger partial charge in [0.25, 0.3) is 0 Å². The number of carboxylic acids is 2. The quantitative estimate of drug-likeness (QED) is 0.413. The van der Waals surface area contributed by atoms with Crippen LogP contribution in [0.3, 0.4) is 0 Å². The fourth-order valence-corrected chi connectivity index (χ4v) is 3.05. The van der Waals surface area contributed by atoms with Gasteiger partial charge in [-0.15, -0.1) is 0 Å². The Morgan fingerprint density at radius 1 is 1.03 bits per heavy atom. The zero-order valence-electron chi connectivity index (χ0n) is 17.5. The zero-order valence-corrected chi connectivity index (χ0v) is 17.5. The van der Waals surface area contributed by atoms with Crippen LogP contribution in [-0.4, -0.2) is 47.1 Å². The first-order valence-electron chi connectivity index (χ1n) is 9.91. The molecular formula is C23H25N3O6. The van der Waals surface area contributed by atoms with Gasteiger partial charge in [0.1, 0.15) is 0 Å². The van der Waals surface area contributed by atoms with Crippen LogP contribution in [0.15, 0.2) is 60.7 Å². The van der Waals surface area contributed by atoms with E-state index in [1.165, 1.54) is 0 Å². The highest BCUT2D eigenvalue weighted by molar-refractivity contribution is 5.92. The van der Waals surface area contributed by atoms with E-state index >= 15 is 0 Å². The minimum absolute atomic E-state index is 0.0294. The number of aliphatic carboxylic acids is 2. The number of rotatable bonds is 7. The number of hydrogen-bond donors (Lipinski definition) is 5. The number of likely N-dealkylation sites (N-methyl/N-ethyl adjacent to an activating group) is 1. The SMILES string of the molecule is CCNCC(=O)Nc1ccc(C2NC(=O)Cc3ccccc32)cc1.O=C(O)/C=C\C(=O)O. The van der Waals surface area contributed by atoms with Gasteiger partial charge < -0.3 is 26.2 Å². The van der Waals surface area contributed by atoms with Crippen molar-refractivity contribution in [3.63, 3.8) is 0 Å². The maximum absolute atomic E-state index is 11.9. The van der Waals surface area contributed by atoms with E-state index in [2.05, 4.69) is 16.0 Å². The maximum atomic E-state index is 11.9. The van der Waals surface area contributed by atoms with Crippen molar-refractivity contribution in [1.29, 1.82) is 0 Å². The molecule has 2 aromatic rings. The van der Waals surface area contributed by atoms with Gasteiger partial charge in [-0.25, -0.2) is 9.59 Å². The van der Waals surface area contributed by atoms with Crippen LogP contribution < -0.4 is 16.0 Å². The lowest BCUT2D eigenvalue weighted by Gasteiger charge is -2.27. The molecule has 0 aliphatic carbocycles. The summed E-state index contributed by atoms with van der Waals surface area (Å²) in [7, 11) is 0. The first kappa shape index (κ1) is 24.3. The molecule has 5 N–H and O–H groups in total. The topological polar surface area (TPSA) is 145 Å². The predicted molar refractivity (Wildman–Crippen MR) is 118 cm³/mol. The van der Waals surface area contributed by atoms with Gasteiger partial charge in [0.2, 0.25) is 11.8 Å². The Bertz CT molecular complexity index is 985. The summed E-state index contributed by atoms with van der Waals surface area (Å²) >= 11 is 0. The summed E-state index contributed by atoms with van der Waals surface area (Å²) in [6, 6.07) is 15.4. The number of amides is 2. The molecule has 1 atom stereocenters. The second-order valence-corrected chi connectivity index (χ2v) is 6.84. The molecule has 0 bridgehead atoms. The van der Waals surface area contributed by atoms with Gasteiger partial charge in [0.15, 0.2) is 0 Å². The van der Waals surface area contributed by atoms with Crippen molar-refractivity contribution in [2.24, 2.45) is 0 Å². The van der Waals surface area contributed by atoms with Gasteiger partial charge in [-0.1, -0.05) is 43.3 Å². The van der Waals surface area contributed by atoms with Gasteiger partial charge in [0, 0.05) is 17.8 Å². The number of nitrogens with one attached hydrogen (secondary N) is 3. The van der Waals surface area contributed by atoms with Crippen molar-refractivity contribution < 1.29 is 29.4 Å². The molecule has 32 heavy (non-hydrogen) atoms. The van der Waals surface area contributed by atoms with E-state index in [1.807, 2.05) is 55.5 Å². The summed E-state index contributed by atoms with van der Waals surface area (Å²) in [5, 5.41) is 24.5. The van der Waals surface area contributed by atoms with Crippen molar-refractivity contribution >= 4 is 29.4 Å². The molecule has 0 fully saturated rings. The molecule has 1 aliphatic rings. The lowest BCUT2D eigenvalue weighted by Crippen LogP contribution is -2.35. The smallest absolute Gasteiger partial charge is 0.328 e. The second kappa shape index (κ2) is 12.0. The largest absolute Gasteiger partial charge is 0.478 e. The molecule has 0 saturated carbocycles. The van der Waals surface area contributed by atoms with Crippen LogP contribution in [0.2, 0.25) is 0 Å². The van der Waals surface area contributed by atoms with Crippen LogP contribution in [0.5, 0.6) is 0 Å². The second-order valence-electron chi connectivity index (χ2n) is 6.84. The standard InChI is InChI=1S/C19H21N3O2.C4H4O4/c1-2-20-12-18(24)21-15-9-7-13(8-10-15)19-16-6-4-3-5-14(16)11-17(23)22-19;5-3(6)1-2-4(7)8/h3-10,19-20H,2,11-12H2,1H3,(H,21,24)(H,22,23);1-2H,(H,5,6)(H,7,8)/b;2-1-. The predicted octanol–water partition coefficient (Wildman–Crippen LogP) is 1.71. The molecular weight excluding hydrogens is 414 g/mol. The fraction of sp³-hybridized carbons (Fsp3) is 0.217. The Morgan fingerprint density at radius 2 is 1.66 bits per heavy atom. The molecule has 0 radical (unpaired) electrons. The molecule has 9 nitrogen and oxygen atoms in total. The van der Waals surface area contributed by atoms with Crippen LogP contribution in [0, 0.1) is 0 Å². The molecule has 3 rings (SSSR count). The number of benzene rings is 2. The third kappa shape index (κ3) is 7.69. The molecule has 2 aromatic carbocycles. The van der Waals surface area contributed by atoms with E-state index in [4.69, 9.17) is 10.2 Å². The molecule has 9 heteroatoms. The molecule has 168 valence electrons. The Morgan fingerprint density at radius 3 is 2.25 bits per heavy atom. The third-order valence-corrected chi connectivity index (χ3v) is 4.45. The molecule has 1 unspecified atom stereocenters. The van der Waals surface area contributed by atoms with Crippen molar-refractivity contribution in [2.75, 3.05) is 18.4 Å². The third-order valence-electron chi connectivity index (χ3n) is 4.45. The summed E-state index contributed by atoms with van der Waals surface area (Å²) in [5.41, 5.74) is 3.94. The number of hydrogen-bond acceptors (Lipinski definition) is 5. The number of carbonyl (C=O) groups excluding carboxylic acids is 2. The maximum Gasteiger partial charge on any atom is 0.328 e. The van der Waals surface area contributed by atoms with Gasteiger partial charge in [-0.2, -0.15) is 0 Å². The van der Waals surface area contributed by atoms with Crippen molar-refractivity contribution in [2.45, 2.75) is 19.4 Å². The first-order valence-corrected chi connectivity index (χ1v) is 9.91. The summed E-state index contributed by atoms with van der Waals surface area (Å²) in [4.78, 5) is 42.8. The van der Waals surface area contributed by atoms with E-state index in [0.717, 1.165) is 28.9 Å². The van der Waals surface area contributed by atoms with Crippen LogP contribution in [0.25, 0.3) is 0 Å². The Labute approximate surface area is 185 Å². The average molecular weight is 439 g/mol. The summed E-state index contributed by atoms with van der Waals surface area (Å²) in [6.07, 6.45) is 1.54.